The van der Waals surface area contributed by atoms with Crippen molar-refractivity contribution in [2.75, 3.05) is 11.5 Å². The highest BCUT2D eigenvalue weighted by atomic mass is 32.2. The third-order valence-electron chi connectivity index (χ3n) is 4.36. The summed E-state index contributed by atoms with van der Waals surface area (Å²) in [6.45, 7) is 3.73. The second-order valence-electron chi connectivity index (χ2n) is 5.81. The summed E-state index contributed by atoms with van der Waals surface area (Å²) in [4.78, 5) is 0. The number of hydrogen-bond donors (Lipinski definition) is 0. The zero-order valence-electron chi connectivity index (χ0n) is 11.9. The van der Waals surface area contributed by atoms with Gasteiger partial charge in [-0.05, 0) is 56.3 Å². The molecule has 0 atom stereocenters. The minimum atomic E-state index is -2.54. The molecule has 0 aromatic carbocycles. The lowest BCUT2D eigenvalue weighted by Crippen LogP contribution is -2.30. The van der Waals surface area contributed by atoms with Gasteiger partial charge >= 0.3 is 4.59 Å². The molecule has 0 N–H and O–H groups in total. The van der Waals surface area contributed by atoms with Crippen molar-refractivity contribution in [3.8, 4) is 0 Å². The Morgan fingerprint density at radius 2 is 1.65 bits per heavy atom. The van der Waals surface area contributed by atoms with Crippen molar-refractivity contribution in [1.29, 1.82) is 0 Å². The van der Waals surface area contributed by atoms with Crippen molar-refractivity contribution < 1.29 is 8.78 Å². The minimum absolute atomic E-state index is 0.496. The normalized spacial score (nSPS) is 31.5. The van der Waals surface area contributed by atoms with Gasteiger partial charge in [0.15, 0.2) is 0 Å². The minimum Gasteiger partial charge on any atom is -0.182 e. The standard InChI is InChI=1S/C16H24F2S2/c1-2-3-4-5-6-13-7-9-14(10-8-13)15-11-19-16(17,18)20-12-15/h2,5-6,13-15H,1,3-4,7-12H2/b6-5+. The molecule has 1 aliphatic heterocycles. The zero-order chi connectivity index (χ0) is 14.4. The maximum absolute atomic E-state index is 13.1. The van der Waals surface area contributed by atoms with E-state index in [-0.39, 0.29) is 0 Å². The molecule has 4 heteroatoms. The molecular weight excluding hydrogens is 294 g/mol. The predicted molar refractivity (Wildman–Crippen MR) is 87.4 cm³/mol. The Morgan fingerprint density at radius 3 is 2.25 bits per heavy atom. The van der Waals surface area contributed by atoms with Gasteiger partial charge in [-0.15, -0.1) is 6.58 Å². The Kier molecular flexibility index (Phi) is 6.47. The van der Waals surface area contributed by atoms with Crippen LogP contribution in [0.1, 0.15) is 38.5 Å². The Labute approximate surface area is 129 Å². The summed E-state index contributed by atoms with van der Waals surface area (Å²) in [6, 6.07) is 0. The first-order valence-electron chi connectivity index (χ1n) is 7.54. The number of rotatable bonds is 5. The lowest BCUT2D eigenvalue weighted by Gasteiger charge is -2.36. The summed E-state index contributed by atoms with van der Waals surface area (Å²) in [6.07, 6.45) is 13.6. The van der Waals surface area contributed by atoms with Gasteiger partial charge < -0.3 is 0 Å². The molecule has 0 radical (unpaired) electrons. The van der Waals surface area contributed by atoms with Crippen molar-refractivity contribution >= 4 is 23.5 Å². The Bertz CT molecular complexity index is 323. The van der Waals surface area contributed by atoms with Crippen LogP contribution in [0.3, 0.4) is 0 Å². The van der Waals surface area contributed by atoms with Gasteiger partial charge in [-0.1, -0.05) is 41.8 Å². The van der Waals surface area contributed by atoms with E-state index < -0.39 is 4.59 Å². The van der Waals surface area contributed by atoms with Crippen LogP contribution >= 0.6 is 23.5 Å². The molecule has 0 unspecified atom stereocenters. The quantitative estimate of drug-likeness (QED) is 0.453. The molecule has 0 spiro atoms. The van der Waals surface area contributed by atoms with Crippen LogP contribution in [0.5, 0.6) is 0 Å². The maximum Gasteiger partial charge on any atom is 0.341 e. The fourth-order valence-electron chi connectivity index (χ4n) is 3.08. The van der Waals surface area contributed by atoms with Crippen molar-refractivity contribution in [2.45, 2.75) is 43.1 Å². The van der Waals surface area contributed by atoms with Crippen LogP contribution in [-0.4, -0.2) is 16.1 Å². The Hall–Kier alpha value is 0.0400. The van der Waals surface area contributed by atoms with Gasteiger partial charge in [0.05, 0.1) is 0 Å². The number of allylic oxidation sites excluding steroid dienone is 3. The van der Waals surface area contributed by atoms with E-state index in [2.05, 4.69) is 18.7 Å². The van der Waals surface area contributed by atoms with E-state index in [4.69, 9.17) is 0 Å². The molecule has 1 aliphatic carbocycles. The second kappa shape index (κ2) is 7.88. The number of alkyl halides is 2. The van der Waals surface area contributed by atoms with Crippen LogP contribution in [0.4, 0.5) is 8.78 Å². The largest absolute Gasteiger partial charge is 0.341 e. The van der Waals surface area contributed by atoms with E-state index in [0.29, 0.717) is 29.3 Å². The Balaban J connectivity index is 1.69. The predicted octanol–water partition coefficient (Wildman–Crippen LogP) is 5.96. The molecule has 1 saturated carbocycles. The van der Waals surface area contributed by atoms with Crippen molar-refractivity contribution in [2.24, 2.45) is 17.8 Å². The fourth-order valence-corrected chi connectivity index (χ4v) is 5.57. The first-order chi connectivity index (χ1) is 9.61. The molecule has 0 nitrogen and oxygen atoms in total. The molecule has 2 fully saturated rings. The molecule has 20 heavy (non-hydrogen) atoms. The smallest absolute Gasteiger partial charge is 0.182 e. The molecule has 2 aliphatic rings. The molecule has 0 aromatic heterocycles. The Morgan fingerprint density at radius 1 is 1.00 bits per heavy atom. The van der Waals surface area contributed by atoms with E-state index in [0.717, 1.165) is 36.4 Å². The summed E-state index contributed by atoms with van der Waals surface area (Å²) >= 11 is 1.70. The van der Waals surface area contributed by atoms with Crippen molar-refractivity contribution in [3.63, 3.8) is 0 Å². The SMILES string of the molecule is C=CCC/C=C/C1CCC(C2CSC(F)(F)SC2)CC1. The fraction of sp³-hybridized carbons (Fsp3) is 0.750. The number of hydrogen-bond acceptors (Lipinski definition) is 2. The van der Waals surface area contributed by atoms with Crippen molar-refractivity contribution in [1.82, 2.24) is 0 Å². The van der Waals surface area contributed by atoms with E-state index in [1.807, 2.05) is 6.08 Å². The highest BCUT2D eigenvalue weighted by Gasteiger charge is 2.39. The van der Waals surface area contributed by atoms with Crippen LogP contribution in [0.15, 0.2) is 24.8 Å². The topological polar surface area (TPSA) is 0 Å². The van der Waals surface area contributed by atoms with Crippen LogP contribution in [-0.2, 0) is 0 Å². The van der Waals surface area contributed by atoms with E-state index in [9.17, 15) is 8.78 Å². The molecule has 1 saturated heterocycles. The van der Waals surface area contributed by atoms with Crippen LogP contribution in [0, 0.1) is 17.8 Å². The lowest BCUT2D eigenvalue weighted by atomic mass is 9.76. The molecule has 0 amide bonds. The first kappa shape index (κ1) is 16.4. The van der Waals surface area contributed by atoms with E-state index >= 15 is 0 Å². The third kappa shape index (κ3) is 5.10. The van der Waals surface area contributed by atoms with Crippen LogP contribution in [0.25, 0.3) is 0 Å². The third-order valence-corrected chi connectivity index (χ3v) is 6.93. The maximum atomic E-state index is 13.1. The van der Waals surface area contributed by atoms with E-state index in [1.165, 1.54) is 25.7 Å². The summed E-state index contributed by atoms with van der Waals surface area (Å²) in [7, 11) is 0. The molecule has 114 valence electrons. The summed E-state index contributed by atoms with van der Waals surface area (Å²) < 4.78 is 23.7. The van der Waals surface area contributed by atoms with Gasteiger partial charge in [0.25, 0.3) is 0 Å². The first-order valence-corrected chi connectivity index (χ1v) is 9.51. The van der Waals surface area contributed by atoms with Gasteiger partial charge in [-0.3, -0.25) is 0 Å². The summed E-state index contributed by atoms with van der Waals surface area (Å²) in [5, 5.41) is 0. The molecule has 0 aromatic rings. The molecular formula is C16H24F2S2. The second-order valence-corrected chi connectivity index (χ2v) is 8.34. The lowest BCUT2D eigenvalue weighted by molar-refractivity contribution is 0.201. The van der Waals surface area contributed by atoms with Gasteiger partial charge in [-0.2, -0.15) is 8.78 Å². The van der Waals surface area contributed by atoms with Gasteiger partial charge in [0.2, 0.25) is 0 Å². The molecule has 0 bridgehead atoms. The highest BCUT2D eigenvalue weighted by Crippen LogP contribution is 2.49. The number of thioether (sulfide) groups is 2. The van der Waals surface area contributed by atoms with Gasteiger partial charge in [0, 0.05) is 11.5 Å². The summed E-state index contributed by atoms with van der Waals surface area (Å²) in [5.41, 5.74) is 0. The average molecular weight is 318 g/mol. The number of unbranched alkanes of at least 4 members (excludes halogenated alkanes) is 1. The summed E-state index contributed by atoms with van der Waals surface area (Å²) in [5.74, 6) is 3.16. The van der Waals surface area contributed by atoms with Gasteiger partial charge in [0.1, 0.15) is 0 Å². The van der Waals surface area contributed by atoms with Gasteiger partial charge in [-0.25, -0.2) is 0 Å². The monoisotopic (exact) mass is 318 g/mol. The highest BCUT2D eigenvalue weighted by molar-refractivity contribution is 8.18. The average Bonchev–Trinajstić information content (AvgIpc) is 2.45. The molecule has 2 rings (SSSR count). The van der Waals surface area contributed by atoms with Crippen LogP contribution < -0.4 is 0 Å². The van der Waals surface area contributed by atoms with Crippen LogP contribution in [0.2, 0.25) is 0 Å². The zero-order valence-corrected chi connectivity index (χ0v) is 13.5. The van der Waals surface area contributed by atoms with E-state index in [1.54, 1.807) is 0 Å². The number of halogens is 2. The molecule has 1 heterocycles. The van der Waals surface area contributed by atoms with Crippen molar-refractivity contribution in [3.05, 3.63) is 24.8 Å².